The number of benzene rings is 1. The Morgan fingerprint density at radius 2 is 0.833 bits per heavy atom. The Bertz CT molecular complexity index is 5130. The third-order valence-corrected chi connectivity index (χ3v) is 16.5. The number of pyridine rings is 4. The second kappa shape index (κ2) is 29.7. The zero-order chi connectivity index (χ0) is 65.7. The van der Waals surface area contributed by atoms with Crippen molar-refractivity contribution in [2.75, 3.05) is 21.3 Å². The molecule has 25 nitrogen and oxygen atoms in total. The molecule has 0 bridgehead atoms. The van der Waals surface area contributed by atoms with Gasteiger partial charge in [-0.25, -0.2) is 24.8 Å². The number of aromatic nitrogens is 16. The van der Waals surface area contributed by atoms with Crippen molar-refractivity contribution in [2.24, 2.45) is 0 Å². The molecule has 15 aromatic heterocycles. The van der Waals surface area contributed by atoms with Gasteiger partial charge >= 0.3 is 0 Å². The molecule has 4 N–H and O–H groups in total. The van der Waals surface area contributed by atoms with Gasteiger partial charge in [0.05, 0.1) is 85.7 Å². The van der Waals surface area contributed by atoms with E-state index in [2.05, 4.69) is 140 Å². The number of nitrogens with zero attached hydrogens (tertiary/aromatic N) is 17. The lowest BCUT2D eigenvalue weighted by atomic mass is 10.1. The van der Waals surface area contributed by atoms with Gasteiger partial charge in [0.25, 0.3) is 0 Å². The van der Waals surface area contributed by atoms with Crippen molar-refractivity contribution in [2.45, 2.75) is 26.2 Å². The summed E-state index contributed by atoms with van der Waals surface area (Å²) in [7, 11) is 0. The topological polar surface area (TPSA) is 278 Å². The molecule has 0 unspecified atom stereocenters. The van der Waals surface area contributed by atoms with Crippen LogP contribution in [0, 0.1) is 11.8 Å². The van der Waals surface area contributed by atoms with Gasteiger partial charge in [0.15, 0.2) is 52.2 Å². The van der Waals surface area contributed by atoms with Gasteiger partial charge in [-0.15, -0.1) is 0 Å². The number of hydrogen-bond donors (Lipinski definition) is 4. The molecule has 15 heterocycles. The molecule has 474 valence electrons. The molecule has 0 atom stereocenters. The summed E-state index contributed by atoms with van der Waals surface area (Å²) in [6.07, 6.45) is 27.2. The third kappa shape index (κ3) is 15.0. The average Bonchev–Trinajstić information content (AvgIpc) is 1.63. The lowest BCUT2D eigenvalue weighted by molar-refractivity contribution is -0.605. The monoisotopic (exact) mass is 1530 g/mol. The summed E-state index contributed by atoms with van der Waals surface area (Å²) in [4.78, 5) is 34.3. The number of rotatable bonds is 16. The van der Waals surface area contributed by atoms with Crippen molar-refractivity contribution in [1.29, 1.82) is 0 Å². The van der Waals surface area contributed by atoms with Crippen molar-refractivity contribution in [3.05, 3.63) is 284 Å². The van der Waals surface area contributed by atoms with Crippen molar-refractivity contribution >= 4 is 115 Å². The van der Waals surface area contributed by atoms with E-state index in [4.69, 9.17) is 24.8 Å². The second-order valence-electron chi connectivity index (χ2n) is 20.7. The summed E-state index contributed by atoms with van der Waals surface area (Å²) in [6.45, 7) is 9.48. The van der Waals surface area contributed by atoms with Crippen LogP contribution in [-0.4, -0.2) is 73.3 Å². The summed E-state index contributed by atoms with van der Waals surface area (Å²) in [5.74, 6) is 4.64. The number of furan rings is 3. The standard InChI is InChI=1S/C19H13BrN6.C16H12BrN5O2.2C16H12BrN5O/c1-21-15-6-4-14(5-7-15)17-9-18(23-11-13-3-2-8-22-10-13)26-19(25-17)16(20)12-24-26;17-12-9-19-22-15(18-8-11-3-1-5-21(23)10-11)7-13(20-16(12)22)14-4-2-6-24-14;17-12-10-20-22-15(19-9-11-3-1-5-18-8-11)7-13(21-16(12)22)14-4-2-6-23-14;17-13-9-20-22-15(19-8-11-2-1-4-18-7-11)6-14(21-16(13)22)12-3-5-23-10-12/h2-10,12,23H,11H2;1-7,9-10,18H,8H2;1-8,10,19H,9H2;1-7,9-10,19H,8H2. The predicted octanol–water partition coefficient (Wildman–Crippen LogP) is 15.2. The van der Waals surface area contributed by atoms with Gasteiger partial charge in [-0.1, -0.05) is 42.5 Å². The smallest absolute Gasteiger partial charge is 0.187 e. The van der Waals surface area contributed by atoms with E-state index in [0.717, 1.165) is 113 Å². The van der Waals surface area contributed by atoms with Crippen molar-refractivity contribution in [3.63, 3.8) is 0 Å². The summed E-state index contributed by atoms with van der Waals surface area (Å²) in [5.41, 5.74) is 12.5. The minimum Gasteiger partial charge on any atom is -0.619 e. The van der Waals surface area contributed by atoms with Crippen LogP contribution >= 0.6 is 63.7 Å². The number of fused-ring (bicyclic) bond motifs is 4. The zero-order valence-electron chi connectivity index (χ0n) is 49.9. The maximum absolute atomic E-state index is 11.4. The highest BCUT2D eigenvalue weighted by molar-refractivity contribution is 9.11. The van der Waals surface area contributed by atoms with E-state index < -0.39 is 0 Å². The van der Waals surface area contributed by atoms with Gasteiger partial charge in [-0.05, 0) is 141 Å². The molecule has 29 heteroatoms. The van der Waals surface area contributed by atoms with E-state index in [0.29, 0.717) is 54.7 Å². The Labute approximate surface area is 578 Å². The van der Waals surface area contributed by atoms with Gasteiger partial charge in [0.1, 0.15) is 34.7 Å². The van der Waals surface area contributed by atoms with Gasteiger partial charge in [-0.3, -0.25) is 15.0 Å². The molecule has 0 aliphatic rings. The Balaban J connectivity index is 0.000000116. The van der Waals surface area contributed by atoms with E-state index in [1.807, 2.05) is 128 Å². The molecule has 0 saturated heterocycles. The maximum Gasteiger partial charge on any atom is 0.187 e. The van der Waals surface area contributed by atoms with E-state index in [9.17, 15) is 5.21 Å². The fourth-order valence-electron chi connectivity index (χ4n) is 9.65. The minimum atomic E-state index is 0.483. The van der Waals surface area contributed by atoms with Crippen LogP contribution in [0.1, 0.15) is 22.3 Å². The van der Waals surface area contributed by atoms with Crippen LogP contribution in [0.15, 0.2) is 258 Å². The molecule has 16 rings (SSSR count). The molecule has 0 radical (unpaired) electrons. The number of nitrogens with one attached hydrogen (secondary N) is 4. The fourth-order valence-corrected chi connectivity index (χ4v) is 11.0. The summed E-state index contributed by atoms with van der Waals surface area (Å²) in [6, 6.07) is 39.8. The fraction of sp³-hybridized carbons (Fsp3) is 0.0597. The predicted molar refractivity (Wildman–Crippen MR) is 375 cm³/mol. The number of halogens is 4. The van der Waals surface area contributed by atoms with Crippen LogP contribution in [0.2, 0.25) is 0 Å². The van der Waals surface area contributed by atoms with Crippen LogP contribution < -0.4 is 26.0 Å². The summed E-state index contributed by atoms with van der Waals surface area (Å²) < 4.78 is 27.1. The summed E-state index contributed by atoms with van der Waals surface area (Å²) >= 11 is 13.9. The lowest BCUT2D eigenvalue weighted by Gasteiger charge is -2.11. The molecular formula is C67H49Br4N21O4. The first-order chi connectivity index (χ1) is 47.1. The zero-order valence-corrected chi connectivity index (χ0v) is 56.3. The molecule has 0 spiro atoms. The van der Waals surface area contributed by atoms with Crippen LogP contribution in [0.3, 0.4) is 0 Å². The molecule has 0 aliphatic heterocycles. The number of hydrogen-bond acceptors (Lipinski definition) is 19. The molecule has 0 fully saturated rings. The molecule has 0 saturated carbocycles. The first-order valence-electron chi connectivity index (χ1n) is 29.1. The normalized spacial score (nSPS) is 10.9. The van der Waals surface area contributed by atoms with E-state index in [1.165, 1.54) is 12.4 Å². The first kappa shape index (κ1) is 63.3. The Morgan fingerprint density at radius 1 is 0.438 bits per heavy atom. The molecule has 1 aromatic carbocycles. The third-order valence-electron chi connectivity index (χ3n) is 14.3. The summed E-state index contributed by atoms with van der Waals surface area (Å²) in [5, 5.41) is 42.2. The molecular weight excluding hydrogens is 1480 g/mol. The molecule has 0 aliphatic carbocycles. The van der Waals surface area contributed by atoms with Crippen LogP contribution in [-0.2, 0) is 26.2 Å². The minimum absolute atomic E-state index is 0.483. The Hall–Kier alpha value is -11.5. The number of anilines is 4. The highest BCUT2D eigenvalue weighted by Gasteiger charge is 2.17. The van der Waals surface area contributed by atoms with Crippen molar-refractivity contribution < 1.29 is 18.0 Å². The van der Waals surface area contributed by atoms with Gasteiger partial charge in [0.2, 0.25) is 0 Å². The maximum atomic E-state index is 11.4. The highest BCUT2D eigenvalue weighted by Crippen LogP contribution is 2.32. The Kier molecular flexibility index (Phi) is 19.6. The van der Waals surface area contributed by atoms with Gasteiger partial charge in [-0.2, -0.15) is 43.2 Å². The van der Waals surface area contributed by atoms with Gasteiger partial charge in [0, 0.05) is 105 Å². The van der Waals surface area contributed by atoms with E-state index >= 15 is 0 Å². The largest absolute Gasteiger partial charge is 0.619 e. The highest BCUT2D eigenvalue weighted by atomic mass is 79.9. The van der Waals surface area contributed by atoms with Crippen LogP contribution in [0.5, 0.6) is 0 Å². The van der Waals surface area contributed by atoms with E-state index in [1.54, 1.807) is 105 Å². The SMILES string of the molecule is Brc1cnn2c(NCc3cccnc3)cc(-c3ccco3)nc12.Brc1cnn2c(NCc3cccnc3)cc(-c3ccoc3)nc12.[C-]#[N+]c1ccc(-c2cc(NCc3cccnc3)n3ncc(Br)c3n2)cc1.[O-][n+]1cccc(CNc2cc(-c3ccco3)nc3c(Br)cnn23)c1. The molecule has 0 amide bonds. The molecule has 16 aromatic rings. The van der Waals surface area contributed by atoms with Crippen molar-refractivity contribution in [1.82, 2.24) is 73.3 Å². The second-order valence-corrected chi connectivity index (χ2v) is 24.1. The van der Waals surface area contributed by atoms with Crippen LogP contribution in [0.4, 0.5) is 29.0 Å². The van der Waals surface area contributed by atoms with Gasteiger partial charge < -0.3 is 39.7 Å². The quantitative estimate of drug-likeness (QED) is 0.0397. The lowest BCUT2D eigenvalue weighted by Crippen LogP contribution is -2.25. The van der Waals surface area contributed by atoms with E-state index in [-0.39, 0.29) is 0 Å². The first-order valence-corrected chi connectivity index (χ1v) is 32.3. The molecule has 96 heavy (non-hydrogen) atoms. The van der Waals surface area contributed by atoms with Crippen molar-refractivity contribution in [3.8, 4) is 45.4 Å². The average molecular weight is 1530 g/mol. The Morgan fingerprint density at radius 3 is 1.20 bits per heavy atom. The van der Waals surface area contributed by atoms with Crippen LogP contribution in [0.25, 0.3) is 72.9 Å².